The number of benzene rings is 1. The number of ether oxygens (including phenoxy) is 1. The number of halogens is 1. The Labute approximate surface area is 175 Å². The molecule has 1 aromatic heterocycles. The summed E-state index contributed by atoms with van der Waals surface area (Å²) in [5.41, 5.74) is 1.48. The van der Waals surface area contributed by atoms with Crippen LogP contribution in [0.15, 0.2) is 56.1 Å². The molecule has 1 amide bonds. The van der Waals surface area contributed by atoms with Gasteiger partial charge in [-0.3, -0.25) is 14.6 Å². The highest BCUT2D eigenvalue weighted by atomic mass is 79.9. The van der Waals surface area contributed by atoms with Crippen LogP contribution in [0.25, 0.3) is 0 Å². The van der Waals surface area contributed by atoms with E-state index < -0.39 is 0 Å². The zero-order valence-electron chi connectivity index (χ0n) is 15.2. The number of amides is 1. The molecule has 0 aliphatic carbocycles. The van der Waals surface area contributed by atoms with Gasteiger partial charge in [0.2, 0.25) is 5.91 Å². The minimum atomic E-state index is -0.305. The molecule has 2 aliphatic heterocycles. The number of allylic oxidation sites excluding steroid dienone is 1. The predicted molar refractivity (Wildman–Crippen MR) is 109 cm³/mol. The maximum absolute atomic E-state index is 13.0. The minimum absolute atomic E-state index is 0.0117. The quantitative estimate of drug-likeness (QED) is 0.679. The fourth-order valence-electron chi connectivity index (χ4n) is 3.57. The standard InChI is InChI=1S/C20H18BrN3O3S/c1-26-18-5-4-13(21)7-16(18)15-8-19(25)24-11-23(10-14-3-2-6-27-14)12-28-20(24)17(15)9-22/h2-7,15H,8,10-12H2,1H3. The van der Waals surface area contributed by atoms with Crippen LogP contribution < -0.4 is 4.74 Å². The Hall–Kier alpha value is -2.21. The number of hydrogen-bond acceptors (Lipinski definition) is 6. The molecular weight excluding hydrogens is 442 g/mol. The Morgan fingerprint density at radius 1 is 1.43 bits per heavy atom. The molecule has 28 heavy (non-hydrogen) atoms. The third-order valence-corrected chi connectivity index (χ3v) is 6.58. The molecule has 1 aromatic carbocycles. The SMILES string of the molecule is COc1ccc(Br)cc1C1CC(=O)N2CN(Cc3ccco3)CSC2=C1C#N. The van der Waals surface area contributed by atoms with Gasteiger partial charge in [0, 0.05) is 22.4 Å². The van der Waals surface area contributed by atoms with Crippen LogP contribution in [0.2, 0.25) is 0 Å². The molecule has 2 aliphatic rings. The van der Waals surface area contributed by atoms with Gasteiger partial charge in [0.15, 0.2) is 0 Å². The largest absolute Gasteiger partial charge is 0.496 e. The molecule has 1 atom stereocenters. The van der Waals surface area contributed by atoms with Gasteiger partial charge in [0.05, 0.1) is 49.1 Å². The molecule has 0 spiro atoms. The molecule has 8 heteroatoms. The number of hydrogen-bond donors (Lipinski definition) is 0. The highest BCUT2D eigenvalue weighted by Gasteiger charge is 2.39. The number of carbonyl (C=O) groups excluding carboxylic acids is 1. The van der Waals surface area contributed by atoms with Crippen LogP contribution in [0.1, 0.15) is 23.7 Å². The van der Waals surface area contributed by atoms with Crippen molar-refractivity contribution in [3.63, 3.8) is 0 Å². The lowest BCUT2D eigenvalue weighted by Crippen LogP contribution is -2.46. The Balaban J connectivity index is 1.65. The monoisotopic (exact) mass is 459 g/mol. The molecule has 4 rings (SSSR count). The zero-order valence-corrected chi connectivity index (χ0v) is 17.6. The lowest BCUT2D eigenvalue weighted by Gasteiger charge is -2.41. The molecule has 0 N–H and O–H groups in total. The van der Waals surface area contributed by atoms with Crippen molar-refractivity contribution in [2.45, 2.75) is 18.9 Å². The Morgan fingerprint density at radius 3 is 3.00 bits per heavy atom. The molecule has 6 nitrogen and oxygen atoms in total. The van der Waals surface area contributed by atoms with Crippen molar-refractivity contribution in [2.24, 2.45) is 0 Å². The Morgan fingerprint density at radius 2 is 2.29 bits per heavy atom. The molecule has 0 saturated carbocycles. The van der Waals surface area contributed by atoms with Crippen molar-refractivity contribution in [1.29, 1.82) is 5.26 Å². The van der Waals surface area contributed by atoms with Gasteiger partial charge in [0.1, 0.15) is 11.5 Å². The number of rotatable bonds is 4. The van der Waals surface area contributed by atoms with Crippen LogP contribution in [0.3, 0.4) is 0 Å². The lowest BCUT2D eigenvalue weighted by molar-refractivity contribution is -0.132. The first-order valence-electron chi connectivity index (χ1n) is 8.76. The van der Waals surface area contributed by atoms with E-state index in [1.807, 2.05) is 30.3 Å². The van der Waals surface area contributed by atoms with Crippen LogP contribution in [-0.4, -0.2) is 35.4 Å². The Kier molecular flexibility index (Phi) is 5.49. The van der Waals surface area contributed by atoms with Crippen molar-refractivity contribution in [2.75, 3.05) is 19.7 Å². The fourth-order valence-corrected chi connectivity index (χ4v) is 5.09. The number of carbonyl (C=O) groups is 1. The molecule has 144 valence electrons. The first-order chi connectivity index (χ1) is 13.6. The van der Waals surface area contributed by atoms with Gasteiger partial charge in [0.25, 0.3) is 0 Å². The zero-order chi connectivity index (χ0) is 19.7. The maximum Gasteiger partial charge on any atom is 0.229 e. The van der Waals surface area contributed by atoms with Crippen molar-refractivity contribution in [3.8, 4) is 11.8 Å². The van der Waals surface area contributed by atoms with E-state index in [0.717, 1.165) is 20.8 Å². The van der Waals surface area contributed by atoms with Crippen LogP contribution in [0, 0.1) is 11.3 Å². The van der Waals surface area contributed by atoms with Crippen LogP contribution in [0.4, 0.5) is 0 Å². The average Bonchev–Trinajstić information content (AvgIpc) is 3.21. The van der Waals surface area contributed by atoms with E-state index in [-0.39, 0.29) is 18.2 Å². The molecule has 2 aromatic rings. The van der Waals surface area contributed by atoms with Crippen molar-refractivity contribution in [3.05, 3.63) is 63.0 Å². The number of furan rings is 1. The molecular formula is C20H18BrN3O3S. The fraction of sp³-hybridized carbons (Fsp3) is 0.300. The van der Waals surface area contributed by atoms with E-state index in [1.54, 1.807) is 18.3 Å². The number of thioether (sulfide) groups is 1. The van der Waals surface area contributed by atoms with E-state index in [0.29, 0.717) is 30.4 Å². The topological polar surface area (TPSA) is 69.7 Å². The maximum atomic E-state index is 13.0. The molecule has 1 unspecified atom stereocenters. The Bertz CT molecular complexity index is 968. The lowest BCUT2D eigenvalue weighted by atomic mass is 9.86. The van der Waals surface area contributed by atoms with Gasteiger partial charge < -0.3 is 9.15 Å². The van der Waals surface area contributed by atoms with Crippen LogP contribution >= 0.6 is 27.7 Å². The molecule has 3 heterocycles. The molecule has 1 fully saturated rings. The molecule has 0 bridgehead atoms. The summed E-state index contributed by atoms with van der Waals surface area (Å²) in [6, 6.07) is 11.8. The van der Waals surface area contributed by atoms with Crippen molar-refractivity contribution >= 4 is 33.6 Å². The summed E-state index contributed by atoms with van der Waals surface area (Å²) in [4.78, 5) is 16.8. The first-order valence-corrected chi connectivity index (χ1v) is 10.5. The summed E-state index contributed by atoms with van der Waals surface area (Å²) < 4.78 is 11.8. The van der Waals surface area contributed by atoms with Crippen molar-refractivity contribution < 1.29 is 13.9 Å². The van der Waals surface area contributed by atoms with Gasteiger partial charge in [-0.05, 0) is 30.3 Å². The highest BCUT2D eigenvalue weighted by molar-refractivity contribution is 9.10. The van der Waals surface area contributed by atoms with Gasteiger partial charge in [-0.25, -0.2) is 0 Å². The second kappa shape index (κ2) is 8.03. The highest BCUT2D eigenvalue weighted by Crippen LogP contribution is 2.45. The van der Waals surface area contributed by atoms with Gasteiger partial charge in [-0.1, -0.05) is 27.7 Å². The summed E-state index contributed by atoms with van der Waals surface area (Å²) >= 11 is 5.01. The number of methoxy groups -OCH3 is 1. The first kappa shape index (κ1) is 19.1. The minimum Gasteiger partial charge on any atom is -0.496 e. The van der Waals surface area contributed by atoms with Crippen molar-refractivity contribution in [1.82, 2.24) is 9.80 Å². The number of nitriles is 1. The second-order valence-electron chi connectivity index (χ2n) is 6.62. The van der Waals surface area contributed by atoms with E-state index in [4.69, 9.17) is 9.15 Å². The van der Waals surface area contributed by atoms with Gasteiger partial charge >= 0.3 is 0 Å². The van der Waals surface area contributed by atoms with Gasteiger partial charge in [-0.2, -0.15) is 5.26 Å². The van der Waals surface area contributed by atoms with E-state index in [2.05, 4.69) is 26.9 Å². The average molecular weight is 460 g/mol. The van der Waals surface area contributed by atoms with E-state index in [9.17, 15) is 10.1 Å². The normalized spacial score (nSPS) is 20.1. The van der Waals surface area contributed by atoms with E-state index in [1.165, 1.54) is 11.8 Å². The molecule has 0 radical (unpaired) electrons. The number of nitrogens with zero attached hydrogens (tertiary/aromatic N) is 3. The third kappa shape index (κ3) is 3.58. The van der Waals surface area contributed by atoms with Crippen LogP contribution in [-0.2, 0) is 11.3 Å². The van der Waals surface area contributed by atoms with Gasteiger partial charge in [-0.15, -0.1) is 0 Å². The third-order valence-electron chi connectivity index (χ3n) is 4.88. The predicted octanol–water partition coefficient (Wildman–Crippen LogP) is 4.27. The summed E-state index contributed by atoms with van der Waals surface area (Å²) in [6.45, 7) is 1.08. The summed E-state index contributed by atoms with van der Waals surface area (Å²) in [6.07, 6.45) is 1.89. The number of fused-ring (bicyclic) bond motifs is 1. The summed E-state index contributed by atoms with van der Waals surface area (Å²) in [7, 11) is 1.60. The molecule has 1 saturated heterocycles. The summed E-state index contributed by atoms with van der Waals surface area (Å²) in [5, 5.41) is 10.7. The second-order valence-corrected chi connectivity index (χ2v) is 8.47. The smallest absolute Gasteiger partial charge is 0.229 e. The van der Waals surface area contributed by atoms with Crippen LogP contribution in [0.5, 0.6) is 5.75 Å². The van der Waals surface area contributed by atoms with E-state index >= 15 is 0 Å². The summed E-state index contributed by atoms with van der Waals surface area (Å²) in [5.74, 6) is 1.93.